The summed E-state index contributed by atoms with van der Waals surface area (Å²) in [5.41, 5.74) is 4.14. The molecule has 27 heavy (non-hydrogen) atoms. The molecule has 0 aliphatic heterocycles. The summed E-state index contributed by atoms with van der Waals surface area (Å²) < 4.78 is 6.24. The monoisotopic (exact) mass is 379 g/mol. The second kappa shape index (κ2) is 8.96. The summed E-state index contributed by atoms with van der Waals surface area (Å²) >= 11 is 5.98. The Morgan fingerprint density at radius 2 is 1.56 bits per heavy atom. The van der Waals surface area contributed by atoms with Gasteiger partial charge in [0.15, 0.2) is 5.75 Å². The summed E-state index contributed by atoms with van der Waals surface area (Å²) in [6.45, 7) is 3.99. The van der Waals surface area contributed by atoms with E-state index in [0.29, 0.717) is 5.56 Å². The van der Waals surface area contributed by atoms with Crippen LogP contribution >= 0.6 is 11.6 Å². The standard InChI is InChI=1S/C24H24ClO2/c1-3-4-5-24(27-22-14-15-23(26)17(2)16-22)20-8-6-18(7-9-20)19-10-12-21(25)13-11-19/h6-16,24H,3-5H2,1-2H3. The highest BCUT2D eigenvalue weighted by atomic mass is 35.5. The van der Waals surface area contributed by atoms with Gasteiger partial charge >= 0.3 is 0 Å². The van der Waals surface area contributed by atoms with Gasteiger partial charge in [-0.15, -0.1) is 0 Å². The first-order valence-corrected chi connectivity index (χ1v) is 9.75. The van der Waals surface area contributed by atoms with Crippen LogP contribution in [0, 0.1) is 6.92 Å². The molecule has 1 unspecified atom stereocenters. The summed E-state index contributed by atoms with van der Waals surface area (Å²) in [5.74, 6) is 0.787. The first-order valence-electron chi connectivity index (χ1n) is 9.37. The molecule has 2 nitrogen and oxygen atoms in total. The van der Waals surface area contributed by atoms with Gasteiger partial charge in [-0.3, -0.25) is 5.11 Å². The summed E-state index contributed by atoms with van der Waals surface area (Å²) in [7, 11) is 0. The number of aryl methyl sites for hydroxylation is 1. The first-order chi connectivity index (χ1) is 13.1. The van der Waals surface area contributed by atoms with Crippen LogP contribution in [0.5, 0.6) is 11.5 Å². The molecule has 3 aromatic carbocycles. The Labute approximate surface area is 166 Å². The van der Waals surface area contributed by atoms with Gasteiger partial charge in [-0.05, 0) is 66.8 Å². The van der Waals surface area contributed by atoms with E-state index in [2.05, 4.69) is 31.2 Å². The number of unbranched alkanes of at least 4 members (excludes halogenated alkanes) is 1. The van der Waals surface area contributed by atoms with E-state index in [1.165, 1.54) is 0 Å². The van der Waals surface area contributed by atoms with Gasteiger partial charge in [-0.2, -0.15) is 0 Å². The van der Waals surface area contributed by atoms with Crippen LogP contribution in [-0.2, 0) is 5.11 Å². The lowest BCUT2D eigenvalue weighted by atomic mass is 9.99. The normalized spacial score (nSPS) is 12.0. The Bertz CT molecular complexity index is 870. The molecule has 1 atom stereocenters. The first kappa shape index (κ1) is 19.3. The lowest BCUT2D eigenvalue weighted by Gasteiger charge is -2.20. The fourth-order valence-corrected chi connectivity index (χ4v) is 3.20. The topological polar surface area (TPSA) is 29.1 Å². The lowest BCUT2D eigenvalue weighted by molar-refractivity contribution is 0.191. The van der Waals surface area contributed by atoms with Crippen molar-refractivity contribution in [2.75, 3.05) is 0 Å². The van der Waals surface area contributed by atoms with Gasteiger partial charge in [0.1, 0.15) is 11.9 Å². The van der Waals surface area contributed by atoms with Gasteiger partial charge in [-0.1, -0.05) is 61.3 Å². The third-order valence-electron chi connectivity index (χ3n) is 4.70. The van der Waals surface area contributed by atoms with Gasteiger partial charge in [0, 0.05) is 10.6 Å². The molecule has 0 aliphatic carbocycles. The molecule has 139 valence electrons. The molecule has 0 N–H and O–H groups in total. The molecule has 0 aromatic heterocycles. The van der Waals surface area contributed by atoms with Crippen LogP contribution in [-0.4, -0.2) is 0 Å². The van der Waals surface area contributed by atoms with E-state index in [9.17, 15) is 5.11 Å². The minimum Gasteiger partial charge on any atom is -0.486 e. The van der Waals surface area contributed by atoms with Crippen molar-refractivity contribution in [3.63, 3.8) is 0 Å². The summed E-state index contributed by atoms with van der Waals surface area (Å²) in [6, 6.07) is 21.5. The highest BCUT2D eigenvalue weighted by Crippen LogP contribution is 2.31. The van der Waals surface area contributed by atoms with Gasteiger partial charge in [-0.25, -0.2) is 0 Å². The van der Waals surface area contributed by atoms with Crippen molar-refractivity contribution in [1.29, 1.82) is 0 Å². The van der Waals surface area contributed by atoms with E-state index in [1.54, 1.807) is 12.1 Å². The van der Waals surface area contributed by atoms with Crippen LogP contribution in [0.4, 0.5) is 0 Å². The number of hydrogen-bond acceptors (Lipinski definition) is 1. The molecule has 1 radical (unpaired) electrons. The Kier molecular flexibility index (Phi) is 6.41. The van der Waals surface area contributed by atoms with Crippen molar-refractivity contribution in [3.8, 4) is 22.6 Å². The molecule has 0 saturated carbocycles. The zero-order valence-corrected chi connectivity index (χ0v) is 16.5. The molecule has 0 spiro atoms. The van der Waals surface area contributed by atoms with E-state index >= 15 is 0 Å². The van der Waals surface area contributed by atoms with Crippen LogP contribution in [0.25, 0.3) is 11.1 Å². The van der Waals surface area contributed by atoms with Crippen molar-refractivity contribution in [3.05, 3.63) is 82.9 Å². The molecule has 3 aromatic rings. The fourth-order valence-electron chi connectivity index (χ4n) is 3.08. The van der Waals surface area contributed by atoms with Crippen LogP contribution in [0.1, 0.15) is 43.4 Å². The molecule has 0 fully saturated rings. The molecule has 3 heteroatoms. The third kappa shape index (κ3) is 5.05. The Morgan fingerprint density at radius 1 is 0.926 bits per heavy atom. The lowest BCUT2D eigenvalue weighted by Crippen LogP contribution is -2.08. The van der Waals surface area contributed by atoms with Crippen molar-refractivity contribution in [2.45, 2.75) is 39.2 Å². The molecule has 0 saturated heterocycles. The van der Waals surface area contributed by atoms with Gasteiger partial charge < -0.3 is 4.74 Å². The van der Waals surface area contributed by atoms with E-state index < -0.39 is 0 Å². The van der Waals surface area contributed by atoms with Crippen LogP contribution in [0.3, 0.4) is 0 Å². The number of ether oxygens (including phenoxy) is 1. The zero-order chi connectivity index (χ0) is 19.2. The second-order valence-electron chi connectivity index (χ2n) is 6.80. The van der Waals surface area contributed by atoms with Crippen molar-refractivity contribution in [1.82, 2.24) is 0 Å². The predicted octanol–water partition coefficient (Wildman–Crippen LogP) is 7.77. The predicted molar refractivity (Wildman–Crippen MR) is 111 cm³/mol. The Morgan fingerprint density at radius 3 is 2.15 bits per heavy atom. The minimum atomic E-state index is -0.0267. The largest absolute Gasteiger partial charge is 0.486 e. The highest BCUT2D eigenvalue weighted by molar-refractivity contribution is 6.30. The average Bonchev–Trinajstić information content (AvgIpc) is 2.69. The average molecular weight is 380 g/mol. The maximum atomic E-state index is 11.6. The maximum absolute atomic E-state index is 11.6. The van der Waals surface area contributed by atoms with Crippen LogP contribution in [0.2, 0.25) is 5.02 Å². The number of rotatable bonds is 7. The van der Waals surface area contributed by atoms with Crippen LogP contribution < -0.4 is 4.74 Å². The van der Waals surface area contributed by atoms with Crippen LogP contribution in [0.15, 0.2) is 66.7 Å². The molecule has 0 heterocycles. The van der Waals surface area contributed by atoms with Gasteiger partial charge in [0.25, 0.3) is 0 Å². The molecular formula is C24H24ClO2. The van der Waals surface area contributed by atoms with Gasteiger partial charge in [0.05, 0.1) is 0 Å². The summed E-state index contributed by atoms with van der Waals surface area (Å²) in [4.78, 5) is 0. The summed E-state index contributed by atoms with van der Waals surface area (Å²) in [5, 5.41) is 12.4. The van der Waals surface area contributed by atoms with Crippen molar-refractivity contribution >= 4 is 11.6 Å². The zero-order valence-electron chi connectivity index (χ0n) is 15.7. The molecule has 0 bridgehead atoms. The minimum absolute atomic E-state index is 0.0267. The van der Waals surface area contributed by atoms with Crippen molar-refractivity contribution < 1.29 is 9.84 Å². The van der Waals surface area contributed by atoms with E-state index in [1.807, 2.05) is 37.3 Å². The number of hydrogen-bond donors (Lipinski definition) is 0. The van der Waals surface area contributed by atoms with E-state index in [0.717, 1.165) is 46.7 Å². The molecule has 3 rings (SSSR count). The number of benzene rings is 3. The maximum Gasteiger partial charge on any atom is 0.181 e. The third-order valence-corrected chi connectivity index (χ3v) is 4.96. The van der Waals surface area contributed by atoms with E-state index in [-0.39, 0.29) is 11.9 Å². The second-order valence-corrected chi connectivity index (χ2v) is 7.24. The molecular weight excluding hydrogens is 356 g/mol. The summed E-state index contributed by atoms with van der Waals surface area (Å²) in [6.07, 6.45) is 3.11. The van der Waals surface area contributed by atoms with Gasteiger partial charge in [0.2, 0.25) is 0 Å². The smallest absolute Gasteiger partial charge is 0.181 e. The fraction of sp³-hybridized carbons (Fsp3) is 0.250. The molecule has 0 amide bonds. The Hall–Kier alpha value is -2.45. The molecule has 0 aliphatic rings. The SMILES string of the molecule is CCCCC(Oc1ccc([O])c(C)c1)c1ccc(-c2ccc(Cl)cc2)cc1. The highest BCUT2D eigenvalue weighted by Gasteiger charge is 2.14. The Balaban J connectivity index is 1.81. The number of halogens is 1. The quantitative estimate of drug-likeness (QED) is 0.412. The van der Waals surface area contributed by atoms with Crippen molar-refractivity contribution in [2.24, 2.45) is 0 Å². The van der Waals surface area contributed by atoms with E-state index in [4.69, 9.17) is 16.3 Å².